The lowest BCUT2D eigenvalue weighted by atomic mass is 10.2. The molecule has 1 aliphatic rings. The molecular weight excluding hydrogens is 218 g/mol. The van der Waals surface area contributed by atoms with Crippen molar-refractivity contribution in [1.82, 2.24) is 15.5 Å². The fourth-order valence-corrected chi connectivity index (χ4v) is 2.02. The molecule has 0 bridgehead atoms. The number of hydrogen-bond acceptors (Lipinski definition) is 3. The SMILES string of the molecule is CCNC(=O)NCC1CN(CC(C)C)CCO1. The van der Waals surface area contributed by atoms with E-state index in [-0.39, 0.29) is 12.1 Å². The van der Waals surface area contributed by atoms with Crippen LogP contribution in [0.25, 0.3) is 0 Å². The number of ether oxygens (including phenoxy) is 1. The molecule has 5 heteroatoms. The van der Waals surface area contributed by atoms with Crippen molar-refractivity contribution in [3.05, 3.63) is 0 Å². The van der Waals surface area contributed by atoms with E-state index < -0.39 is 0 Å². The summed E-state index contributed by atoms with van der Waals surface area (Å²) in [4.78, 5) is 13.7. The summed E-state index contributed by atoms with van der Waals surface area (Å²) >= 11 is 0. The minimum atomic E-state index is -0.114. The quantitative estimate of drug-likeness (QED) is 0.746. The first-order valence-corrected chi connectivity index (χ1v) is 6.47. The molecule has 1 atom stereocenters. The molecular formula is C12H25N3O2. The molecule has 0 radical (unpaired) electrons. The zero-order chi connectivity index (χ0) is 12.7. The van der Waals surface area contributed by atoms with Crippen LogP contribution in [0.5, 0.6) is 0 Å². The first-order valence-electron chi connectivity index (χ1n) is 6.47. The number of urea groups is 1. The molecule has 5 nitrogen and oxygen atoms in total. The van der Waals surface area contributed by atoms with Crippen LogP contribution in [0, 0.1) is 5.92 Å². The largest absolute Gasteiger partial charge is 0.374 e. The van der Waals surface area contributed by atoms with Crippen LogP contribution in [0.15, 0.2) is 0 Å². The average molecular weight is 243 g/mol. The Morgan fingerprint density at radius 1 is 1.47 bits per heavy atom. The van der Waals surface area contributed by atoms with E-state index in [2.05, 4.69) is 29.4 Å². The van der Waals surface area contributed by atoms with Crippen LogP contribution in [0.3, 0.4) is 0 Å². The van der Waals surface area contributed by atoms with Gasteiger partial charge in [0.05, 0.1) is 12.7 Å². The lowest BCUT2D eigenvalue weighted by Gasteiger charge is -2.33. The maximum absolute atomic E-state index is 11.3. The van der Waals surface area contributed by atoms with Gasteiger partial charge in [0.15, 0.2) is 0 Å². The van der Waals surface area contributed by atoms with Gasteiger partial charge in [0, 0.05) is 32.7 Å². The van der Waals surface area contributed by atoms with Gasteiger partial charge in [-0.1, -0.05) is 13.8 Å². The third kappa shape index (κ3) is 5.89. The standard InChI is InChI=1S/C12H25N3O2/c1-4-13-12(16)14-7-11-9-15(5-6-17-11)8-10(2)3/h10-11H,4-9H2,1-3H3,(H2,13,14,16). The van der Waals surface area contributed by atoms with Crippen molar-refractivity contribution in [2.45, 2.75) is 26.9 Å². The second kappa shape index (κ2) is 7.50. The Morgan fingerprint density at radius 2 is 2.24 bits per heavy atom. The first-order chi connectivity index (χ1) is 8.11. The van der Waals surface area contributed by atoms with Crippen LogP contribution in [0.2, 0.25) is 0 Å². The Morgan fingerprint density at radius 3 is 2.88 bits per heavy atom. The number of rotatable bonds is 5. The molecule has 0 saturated carbocycles. The van der Waals surface area contributed by atoms with Crippen molar-refractivity contribution in [3.63, 3.8) is 0 Å². The fraction of sp³-hybridized carbons (Fsp3) is 0.917. The second-order valence-electron chi connectivity index (χ2n) is 4.89. The third-order valence-corrected chi connectivity index (χ3v) is 2.67. The van der Waals surface area contributed by atoms with Gasteiger partial charge in [0.25, 0.3) is 0 Å². The van der Waals surface area contributed by atoms with Gasteiger partial charge in [0.2, 0.25) is 0 Å². The summed E-state index contributed by atoms with van der Waals surface area (Å²) in [6.45, 7) is 11.3. The summed E-state index contributed by atoms with van der Waals surface area (Å²) in [6, 6.07) is -0.114. The van der Waals surface area contributed by atoms with Crippen LogP contribution in [0.4, 0.5) is 4.79 Å². The Hall–Kier alpha value is -0.810. The number of hydrogen-bond donors (Lipinski definition) is 2. The highest BCUT2D eigenvalue weighted by Gasteiger charge is 2.21. The Kier molecular flexibility index (Phi) is 6.29. The average Bonchev–Trinajstić information content (AvgIpc) is 2.26. The molecule has 1 fully saturated rings. The van der Waals surface area contributed by atoms with E-state index >= 15 is 0 Å². The molecule has 1 heterocycles. The molecule has 1 saturated heterocycles. The number of morpholine rings is 1. The molecule has 0 aromatic carbocycles. The van der Waals surface area contributed by atoms with Gasteiger partial charge in [-0.2, -0.15) is 0 Å². The van der Waals surface area contributed by atoms with Gasteiger partial charge in [-0.3, -0.25) is 4.90 Å². The van der Waals surface area contributed by atoms with Crippen LogP contribution in [-0.4, -0.2) is 56.4 Å². The molecule has 0 aromatic heterocycles. The monoisotopic (exact) mass is 243 g/mol. The summed E-state index contributed by atoms with van der Waals surface area (Å²) in [5.41, 5.74) is 0. The van der Waals surface area contributed by atoms with Crippen LogP contribution >= 0.6 is 0 Å². The van der Waals surface area contributed by atoms with Crippen molar-refractivity contribution in [3.8, 4) is 0 Å². The Balaban J connectivity index is 2.22. The highest BCUT2D eigenvalue weighted by atomic mass is 16.5. The van der Waals surface area contributed by atoms with E-state index in [1.807, 2.05) is 6.92 Å². The number of nitrogens with zero attached hydrogens (tertiary/aromatic N) is 1. The molecule has 1 unspecified atom stereocenters. The third-order valence-electron chi connectivity index (χ3n) is 2.67. The predicted octanol–water partition coefficient (Wildman–Crippen LogP) is 0.662. The highest BCUT2D eigenvalue weighted by Crippen LogP contribution is 2.07. The maximum atomic E-state index is 11.3. The summed E-state index contributed by atoms with van der Waals surface area (Å²) in [6.07, 6.45) is 0.116. The van der Waals surface area contributed by atoms with Gasteiger partial charge >= 0.3 is 6.03 Å². The topological polar surface area (TPSA) is 53.6 Å². The van der Waals surface area contributed by atoms with Crippen molar-refractivity contribution in [2.75, 3.05) is 39.3 Å². The molecule has 1 aliphatic heterocycles. The van der Waals surface area contributed by atoms with Gasteiger partial charge in [-0.05, 0) is 12.8 Å². The summed E-state index contributed by atoms with van der Waals surface area (Å²) in [7, 11) is 0. The van der Waals surface area contributed by atoms with Gasteiger partial charge in [-0.15, -0.1) is 0 Å². The van der Waals surface area contributed by atoms with Gasteiger partial charge in [0.1, 0.15) is 0 Å². The van der Waals surface area contributed by atoms with E-state index in [4.69, 9.17) is 4.74 Å². The molecule has 2 amide bonds. The van der Waals surface area contributed by atoms with E-state index in [1.54, 1.807) is 0 Å². The van der Waals surface area contributed by atoms with E-state index in [0.29, 0.717) is 19.0 Å². The van der Waals surface area contributed by atoms with Crippen molar-refractivity contribution < 1.29 is 9.53 Å². The minimum Gasteiger partial charge on any atom is -0.374 e. The minimum absolute atomic E-state index is 0.114. The molecule has 0 spiro atoms. The number of nitrogens with one attached hydrogen (secondary N) is 2. The van der Waals surface area contributed by atoms with Crippen LogP contribution < -0.4 is 10.6 Å². The summed E-state index contributed by atoms with van der Waals surface area (Å²) in [5.74, 6) is 0.671. The fourth-order valence-electron chi connectivity index (χ4n) is 2.02. The van der Waals surface area contributed by atoms with Crippen molar-refractivity contribution >= 4 is 6.03 Å². The van der Waals surface area contributed by atoms with Gasteiger partial charge < -0.3 is 15.4 Å². The van der Waals surface area contributed by atoms with E-state index in [9.17, 15) is 4.79 Å². The van der Waals surface area contributed by atoms with Crippen LogP contribution in [-0.2, 0) is 4.74 Å². The highest BCUT2D eigenvalue weighted by molar-refractivity contribution is 5.73. The van der Waals surface area contributed by atoms with Crippen molar-refractivity contribution in [2.24, 2.45) is 5.92 Å². The second-order valence-corrected chi connectivity index (χ2v) is 4.89. The summed E-state index contributed by atoms with van der Waals surface area (Å²) in [5, 5.41) is 5.53. The predicted molar refractivity (Wildman–Crippen MR) is 68.1 cm³/mol. The van der Waals surface area contributed by atoms with Crippen molar-refractivity contribution in [1.29, 1.82) is 0 Å². The van der Waals surface area contributed by atoms with E-state index in [1.165, 1.54) is 0 Å². The van der Waals surface area contributed by atoms with E-state index in [0.717, 1.165) is 26.2 Å². The molecule has 0 aliphatic carbocycles. The summed E-state index contributed by atoms with van der Waals surface area (Å²) < 4.78 is 5.63. The molecule has 1 rings (SSSR count). The molecule has 0 aromatic rings. The molecule has 100 valence electrons. The number of carbonyl (C=O) groups is 1. The van der Waals surface area contributed by atoms with Crippen LogP contribution in [0.1, 0.15) is 20.8 Å². The lowest BCUT2D eigenvalue weighted by molar-refractivity contribution is -0.0290. The molecule has 2 N–H and O–H groups in total. The number of carbonyl (C=O) groups excluding carboxylic acids is 1. The zero-order valence-corrected chi connectivity index (χ0v) is 11.2. The smallest absolute Gasteiger partial charge is 0.314 e. The maximum Gasteiger partial charge on any atom is 0.314 e. The normalized spacial score (nSPS) is 21.5. The Labute approximate surface area is 104 Å². The lowest BCUT2D eigenvalue weighted by Crippen LogP contribution is -2.49. The number of amides is 2. The van der Waals surface area contributed by atoms with Gasteiger partial charge in [-0.25, -0.2) is 4.79 Å². The first kappa shape index (κ1) is 14.3. The Bertz CT molecular complexity index is 234. The molecule has 17 heavy (non-hydrogen) atoms. The zero-order valence-electron chi connectivity index (χ0n) is 11.2.